The second-order valence-electron chi connectivity index (χ2n) is 12.8. The summed E-state index contributed by atoms with van der Waals surface area (Å²) < 4.78 is 6.97. The van der Waals surface area contributed by atoms with Crippen LogP contribution in [0.4, 0.5) is 5.69 Å². The largest absolute Gasteiger partial charge is 0.394 e. The van der Waals surface area contributed by atoms with Gasteiger partial charge in [-0.25, -0.2) is 0 Å². The Hall–Kier alpha value is -2.68. The number of likely N-dealkylation sites (tertiary alicyclic amines) is 1. The van der Waals surface area contributed by atoms with Gasteiger partial charge in [-0.2, -0.15) is 0 Å². The molecule has 0 radical (unpaired) electrons. The van der Waals surface area contributed by atoms with Gasteiger partial charge in [-0.05, 0) is 50.2 Å². The van der Waals surface area contributed by atoms with Crippen molar-refractivity contribution in [2.24, 2.45) is 23.7 Å². The maximum Gasteiger partial charge on any atom is 0.253 e. The Morgan fingerprint density at radius 3 is 2.47 bits per heavy atom. The molecule has 3 amide bonds. The fourth-order valence-corrected chi connectivity index (χ4v) is 8.27. The van der Waals surface area contributed by atoms with Gasteiger partial charge in [-0.15, -0.1) is 13.2 Å². The first-order chi connectivity index (χ1) is 20.4. The summed E-state index contributed by atoms with van der Waals surface area (Å²) in [6.45, 7) is 20.3. The Labute approximate surface area is 261 Å². The minimum Gasteiger partial charge on any atom is -0.394 e. The molecule has 1 N–H and O–H groups in total. The van der Waals surface area contributed by atoms with Crippen LogP contribution < -0.4 is 4.90 Å². The van der Waals surface area contributed by atoms with Crippen molar-refractivity contribution in [1.29, 1.82) is 0 Å². The van der Waals surface area contributed by atoms with Crippen LogP contribution in [-0.4, -0.2) is 82.2 Å². The molecule has 9 heteroatoms. The second kappa shape index (κ2) is 12.7. The summed E-state index contributed by atoms with van der Waals surface area (Å²) >= 11 is 6.69. The monoisotopic (exact) mass is 613 g/mol. The van der Waals surface area contributed by atoms with Crippen molar-refractivity contribution in [1.82, 2.24) is 9.80 Å². The zero-order valence-electron chi connectivity index (χ0n) is 26.5. The van der Waals surface area contributed by atoms with Gasteiger partial charge >= 0.3 is 0 Å². The molecule has 3 aliphatic rings. The number of benzene rings is 1. The molecule has 2 bridgehead atoms. The van der Waals surface area contributed by atoms with E-state index in [4.69, 9.17) is 16.3 Å². The third kappa shape index (κ3) is 5.13. The van der Waals surface area contributed by atoms with Crippen molar-refractivity contribution in [3.8, 4) is 0 Å². The first-order valence-corrected chi connectivity index (χ1v) is 16.0. The van der Waals surface area contributed by atoms with E-state index in [1.807, 2.05) is 53.7 Å². The maximum absolute atomic E-state index is 15.0. The van der Waals surface area contributed by atoms with Crippen molar-refractivity contribution in [3.63, 3.8) is 0 Å². The average molecular weight is 614 g/mol. The number of nitrogens with zero attached hydrogens (tertiary/aromatic N) is 3. The summed E-state index contributed by atoms with van der Waals surface area (Å²) in [6.07, 6.45) is 5.21. The number of para-hydroxylation sites is 1. The zero-order chi connectivity index (χ0) is 31.9. The highest BCUT2D eigenvalue weighted by Gasteiger charge is 2.80. The number of aliphatic hydroxyl groups excluding tert-OH is 1. The van der Waals surface area contributed by atoms with E-state index in [0.29, 0.717) is 36.6 Å². The minimum absolute atomic E-state index is 0.0981. The number of anilines is 1. The molecular weight excluding hydrogens is 566 g/mol. The van der Waals surface area contributed by atoms with Crippen molar-refractivity contribution < 1.29 is 24.2 Å². The summed E-state index contributed by atoms with van der Waals surface area (Å²) in [7, 11) is 0. The van der Waals surface area contributed by atoms with Gasteiger partial charge in [0.05, 0.1) is 40.8 Å². The molecule has 4 rings (SSSR count). The fourth-order valence-electron chi connectivity index (χ4n) is 7.95. The Bertz CT molecular complexity index is 1250. The number of halogens is 1. The summed E-state index contributed by atoms with van der Waals surface area (Å²) in [5.74, 6) is -2.66. The van der Waals surface area contributed by atoms with Crippen molar-refractivity contribution in [2.75, 3.05) is 31.1 Å². The third-order valence-electron chi connectivity index (χ3n) is 10.3. The van der Waals surface area contributed by atoms with E-state index in [9.17, 15) is 14.7 Å². The molecule has 1 aromatic carbocycles. The van der Waals surface area contributed by atoms with E-state index in [1.54, 1.807) is 32.9 Å². The van der Waals surface area contributed by atoms with Gasteiger partial charge in [0.15, 0.2) is 0 Å². The first-order valence-electron chi connectivity index (χ1n) is 15.6. The zero-order valence-corrected chi connectivity index (χ0v) is 27.3. The molecule has 1 spiro atoms. The number of aryl methyl sites for hydroxylation is 1. The van der Waals surface area contributed by atoms with Gasteiger partial charge in [0.25, 0.3) is 5.91 Å². The van der Waals surface area contributed by atoms with E-state index in [1.165, 1.54) is 0 Å². The number of amides is 3. The van der Waals surface area contributed by atoms with Gasteiger partial charge in [0.2, 0.25) is 11.8 Å². The standard InChI is InChI=1S/C34H48ClN3O5/c1-9-16-36(17-10-2)30(40)26-27-31(41)38(25(20-39)21(5)12-4)29(34(27)19-23(7)33(26,8)43-34)32(42)37(18-11-3)28-22(6)14-13-15-24(28)35/h9,11,13-15,21,23,25-27,29,39H,1,3,10,12,16-20H2,2,4-8H3/t21-,23?,25-,26-,27-,29?,33+,34?/m0/s1. The highest BCUT2D eigenvalue weighted by molar-refractivity contribution is 6.34. The van der Waals surface area contributed by atoms with E-state index in [-0.39, 0.29) is 42.7 Å². The second-order valence-corrected chi connectivity index (χ2v) is 13.2. The molecule has 43 heavy (non-hydrogen) atoms. The predicted octanol–water partition coefficient (Wildman–Crippen LogP) is 5.01. The van der Waals surface area contributed by atoms with E-state index >= 15 is 4.79 Å². The van der Waals surface area contributed by atoms with E-state index in [2.05, 4.69) is 13.2 Å². The first kappa shape index (κ1) is 33.2. The predicted molar refractivity (Wildman–Crippen MR) is 170 cm³/mol. The Kier molecular flexibility index (Phi) is 9.84. The van der Waals surface area contributed by atoms with Crippen molar-refractivity contribution in [3.05, 3.63) is 54.1 Å². The lowest BCUT2D eigenvalue weighted by Gasteiger charge is -2.41. The van der Waals surface area contributed by atoms with Gasteiger partial charge in [-0.3, -0.25) is 14.4 Å². The van der Waals surface area contributed by atoms with E-state index in [0.717, 1.165) is 12.0 Å². The molecule has 0 aliphatic carbocycles. The Morgan fingerprint density at radius 2 is 1.91 bits per heavy atom. The summed E-state index contributed by atoms with van der Waals surface area (Å²) in [4.78, 5) is 49.1. The van der Waals surface area contributed by atoms with Crippen molar-refractivity contribution in [2.45, 2.75) is 84.1 Å². The molecule has 3 heterocycles. The number of carbonyl (C=O) groups excluding carboxylic acids is 3. The molecule has 3 unspecified atom stereocenters. The smallest absolute Gasteiger partial charge is 0.253 e. The SMILES string of the molecule is C=CCN(CCC)C(=O)[C@@H]1[C@H]2C(=O)N([C@@H](CO)[C@@H](C)CC)C(C(=O)N(CC=C)c3c(C)cccc3Cl)C23CC(C)[C@@]1(C)O3. The van der Waals surface area contributed by atoms with Crippen LogP contribution in [0.5, 0.6) is 0 Å². The normalized spacial score (nSPS) is 30.6. The highest BCUT2D eigenvalue weighted by atomic mass is 35.5. The van der Waals surface area contributed by atoms with Gasteiger partial charge < -0.3 is 24.5 Å². The van der Waals surface area contributed by atoms with Crippen LogP contribution in [0.1, 0.15) is 59.4 Å². The van der Waals surface area contributed by atoms with Crippen LogP contribution in [0.15, 0.2) is 43.5 Å². The molecule has 8 nitrogen and oxygen atoms in total. The lowest BCUT2D eigenvalue weighted by atomic mass is 9.62. The molecule has 0 saturated carbocycles. The molecule has 3 fully saturated rings. The fraction of sp³-hybridized carbons (Fsp3) is 0.618. The van der Waals surface area contributed by atoms with Crippen LogP contribution in [0.2, 0.25) is 5.02 Å². The lowest BCUT2D eigenvalue weighted by Crippen LogP contribution is -2.60. The number of rotatable bonds is 13. The quantitative estimate of drug-likeness (QED) is 0.316. The van der Waals surface area contributed by atoms with Crippen LogP contribution in [-0.2, 0) is 19.1 Å². The van der Waals surface area contributed by atoms with Crippen LogP contribution in [0, 0.1) is 30.6 Å². The lowest BCUT2D eigenvalue weighted by molar-refractivity contribution is -0.154. The molecule has 8 atom stereocenters. The van der Waals surface area contributed by atoms with Gasteiger partial charge in [-0.1, -0.05) is 70.0 Å². The summed E-state index contributed by atoms with van der Waals surface area (Å²) in [5, 5.41) is 11.1. The number of ether oxygens (including phenoxy) is 1. The summed E-state index contributed by atoms with van der Waals surface area (Å²) in [6, 6.07) is 3.75. The van der Waals surface area contributed by atoms with Crippen LogP contribution in [0.3, 0.4) is 0 Å². The molecule has 3 aliphatic heterocycles. The minimum atomic E-state index is -1.25. The summed E-state index contributed by atoms with van der Waals surface area (Å²) in [5.41, 5.74) is -0.837. The molecule has 3 saturated heterocycles. The highest BCUT2D eigenvalue weighted by Crippen LogP contribution is 2.66. The van der Waals surface area contributed by atoms with Gasteiger partial charge in [0.1, 0.15) is 11.6 Å². The Balaban J connectivity index is 1.94. The van der Waals surface area contributed by atoms with Gasteiger partial charge in [0, 0.05) is 19.6 Å². The number of fused-ring (bicyclic) bond motifs is 1. The average Bonchev–Trinajstić information content (AvgIpc) is 3.48. The van der Waals surface area contributed by atoms with Crippen molar-refractivity contribution >= 4 is 35.0 Å². The third-order valence-corrected chi connectivity index (χ3v) is 10.6. The number of hydrogen-bond donors (Lipinski definition) is 1. The molecular formula is C34H48ClN3O5. The number of hydrogen-bond acceptors (Lipinski definition) is 5. The molecule has 0 aromatic heterocycles. The van der Waals surface area contributed by atoms with Crippen LogP contribution >= 0.6 is 11.6 Å². The topological polar surface area (TPSA) is 90.4 Å². The van der Waals surface area contributed by atoms with Crippen LogP contribution in [0.25, 0.3) is 0 Å². The van der Waals surface area contributed by atoms with E-state index < -0.39 is 35.1 Å². The Morgan fingerprint density at radius 1 is 1.23 bits per heavy atom. The maximum atomic E-state index is 15.0. The number of carbonyl (C=O) groups is 3. The molecule has 1 aromatic rings. The molecule has 236 valence electrons. The number of aliphatic hydroxyl groups is 1.